The number of anilines is 1. The number of aromatic nitrogens is 1. The van der Waals surface area contributed by atoms with Gasteiger partial charge >= 0.3 is 0 Å². The Morgan fingerprint density at radius 1 is 1.00 bits per heavy atom. The van der Waals surface area contributed by atoms with Gasteiger partial charge in [0, 0.05) is 38.3 Å². The standard InChI is InChI=1S/C26H31FN4O5/c1-17-5-7-19(27)20(13-17)29-26(32)21-16-36-23(28-21)15-31-11-9-30(10-12-31)14-18-6-8-22(33-2)25(35-4)24(18)34-3/h5-8,13,16H,9-12,14-15H2,1-4H3,(H,29,32). The van der Waals surface area contributed by atoms with Gasteiger partial charge in [0.1, 0.15) is 12.1 Å². The van der Waals surface area contributed by atoms with E-state index in [0.29, 0.717) is 29.7 Å². The average molecular weight is 499 g/mol. The molecule has 2 aromatic carbocycles. The first-order valence-electron chi connectivity index (χ1n) is 11.7. The van der Waals surface area contributed by atoms with Crippen molar-refractivity contribution in [3.05, 3.63) is 65.1 Å². The molecule has 36 heavy (non-hydrogen) atoms. The van der Waals surface area contributed by atoms with Crippen LogP contribution in [-0.4, -0.2) is 68.2 Å². The molecule has 1 saturated heterocycles. The number of amides is 1. The Hall–Kier alpha value is -3.63. The zero-order chi connectivity index (χ0) is 25.7. The highest BCUT2D eigenvalue weighted by Gasteiger charge is 2.23. The number of methoxy groups -OCH3 is 3. The molecule has 0 spiro atoms. The highest BCUT2D eigenvalue weighted by atomic mass is 19.1. The van der Waals surface area contributed by atoms with Crippen LogP contribution in [0.25, 0.3) is 0 Å². The third kappa shape index (κ3) is 5.77. The van der Waals surface area contributed by atoms with Gasteiger partial charge in [-0.05, 0) is 30.7 Å². The van der Waals surface area contributed by atoms with Gasteiger partial charge in [-0.3, -0.25) is 14.6 Å². The highest BCUT2D eigenvalue weighted by molar-refractivity contribution is 6.02. The fraction of sp³-hybridized carbons (Fsp3) is 0.385. The Kier molecular flexibility index (Phi) is 8.07. The number of aryl methyl sites for hydroxylation is 1. The smallest absolute Gasteiger partial charge is 0.277 e. The molecule has 0 atom stereocenters. The quantitative estimate of drug-likeness (QED) is 0.478. The van der Waals surface area contributed by atoms with Crippen molar-refractivity contribution in [2.75, 3.05) is 52.8 Å². The number of benzene rings is 2. The molecule has 192 valence electrons. The van der Waals surface area contributed by atoms with Gasteiger partial charge in [0.15, 0.2) is 17.2 Å². The van der Waals surface area contributed by atoms with Crippen molar-refractivity contribution in [3.8, 4) is 17.2 Å². The summed E-state index contributed by atoms with van der Waals surface area (Å²) in [6, 6.07) is 8.42. The minimum absolute atomic E-state index is 0.116. The number of nitrogens with one attached hydrogen (secondary N) is 1. The third-order valence-corrected chi connectivity index (χ3v) is 6.16. The number of nitrogens with zero attached hydrogens (tertiary/aromatic N) is 3. The van der Waals surface area contributed by atoms with Gasteiger partial charge in [0.2, 0.25) is 11.6 Å². The highest BCUT2D eigenvalue weighted by Crippen LogP contribution is 2.40. The van der Waals surface area contributed by atoms with Crippen molar-refractivity contribution in [2.45, 2.75) is 20.0 Å². The zero-order valence-corrected chi connectivity index (χ0v) is 21.0. The van der Waals surface area contributed by atoms with E-state index in [1.54, 1.807) is 33.5 Å². The molecule has 10 heteroatoms. The van der Waals surface area contributed by atoms with Crippen LogP contribution >= 0.6 is 0 Å². The van der Waals surface area contributed by atoms with Crippen molar-refractivity contribution >= 4 is 11.6 Å². The molecule has 1 aromatic heterocycles. The molecule has 0 radical (unpaired) electrons. The molecule has 0 saturated carbocycles. The number of carbonyl (C=O) groups is 1. The van der Waals surface area contributed by atoms with Crippen LogP contribution in [-0.2, 0) is 13.1 Å². The van der Waals surface area contributed by atoms with Gasteiger partial charge in [-0.1, -0.05) is 12.1 Å². The van der Waals surface area contributed by atoms with E-state index in [9.17, 15) is 9.18 Å². The van der Waals surface area contributed by atoms with Crippen molar-refractivity contribution in [2.24, 2.45) is 0 Å². The maximum Gasteiger partial charge on any atom is 0.277 e. The van der Waals surface area contributed by atoms with Crippen LogP contribution in [0, 0.1) is 12.7 Å². The van der Waals surface area contributed by atoms with Gasteiger partial charge in [0.25, 0.3) is 5.91 Å². The van der Waals surface area contributed by atoms with Gasteiger partial charge in [-0.15, -0.1) is 0 Å². The van der Waals surface area contributed by atoms with E-state index in [4.69, 9.17) is 18.6 Å². The number of hydrogen-bond acceptors (Lipinski definition) is 8. The number of carbonyl (C=O) groups excluding carboxylic acids is 1. The lowest BCUT2D eigenvalue weighted by atomic mass is 10.1. The second kappa shape index (κ2) is 11.4. The Balaban J connectivity index is 1.31. The number of piperazine rings is 1. The molecule has 1 N–H and O–H groups in total. The third-order valence-electron chi connectivity index (χ3n) is 6.16. The van der Waals surface area contributed by atoms with Gasteiger partial charge in [-0.2, -0.15) is 0 Å². The van der Waals surface area contributed by atoms with E-state index in [2.05, 4.69) is 20.1 Å². The van der Waals surface area contributed by atoms with Crippen molar-refractivity contribution in [3.63, 3.8) is 0 Å². The first kappa shape index (κ1) is 25.5. The number of oxazole rings is 1. The normalized spacial score (nSPS) is 14.5. The second-order valence-electron chi connectivity index (χ2n) is 8.61. The van der Waals surface area contributed by atoms with E-state index in [1.165, 1.54) is 12.3 Å². The zero-order valence-electron chi connectivity index (χ0n) is 21.0. The summed E-state index contributed by atoms with van der Waals surface area (Å²) in [6.45, 7) is 6.35. The number of hydrogen-bond donors (Lipinski definition) is 1. The Morgan fingerprint density at radius 2 is 1.69 bits per heavy atom. The SMILES string of the molecule is COc1ccc(CN2CCN(Cc3nc(C(=O)Nc4cc(C)ccc4F)co3)CC2)c(OC)c1OC. The molecular formula is C26H31FN4O5. The summed E-state index contributed by atoms with van der Waals surface area (Å²) in [4.78, 5) is 21.3. The summed E-state index contributed by atoms with van der Waals surface area (Å²) in [5.41, 5.74) is 2.10. The maximum absolute atomic E-state index is 14.0. The largest absolute Gasteiger partial charge is 0.493 e. The van der Waals surface area contributed by atoms with Crippen molar-refractivity contribution < 1.29 is 27.8 Å². The number of ether oxygens (including phenoxy) is 3. The first-order valence-corrected chi connectivity index (χ1v) is 11.7. The number of halogens is 1. The van der Waals surface area contributed by atoms with E-state index in [-0.39, 0.29) is 11.4 Å². The molecule has 4 rings (SSSR count). The van der Waals surface area contributed by atoms with Crippen LogP contribution in [0.3, 0.4) is 0 Å². The molecule has 0 unspecified atom stereocenters. The first-order chi connectivity index (χ1) is 17.4. The van der Waals surface area contributed by atoms with E-state index in [1.807, 2.05) is 19.1 Å². The van der Waals surface area contributed by atoms with E-state index < -0.39 is 11.7 Å². The van der Waals surface area contributed by atoms with Gasteiger partial charge in [-0.25, -0.2) is 9.37 Å². The van der Waals surface area contributed by atoms with Crippen LogP contribution in [0.4, 0.5) is 10.1 Å². The van der Waals surface area contributed by atoms with Crippen LogP contribution in [0.15, 0.2) is 41.0 Å². The molecule has 2 heterocycles. The molecule has 0 bridgehead atoms. The van der Waals surface area contributed by atoms with Crippen LogP contribution in [0.2, 0.25) is 0 Å². The van der Waals surface area contributed by atoms with Crippen LogP contribution < -0.4 is 19.5 Å². The predicted molar refractivity (Wildman–Crippen MR) is 132 cm³/mol. The lowest BCUT2D eigenvalue weighted by Gasteiger charge is -2.34. The van der Waals surface area contributed by atoms with Crippen LogP contribution in [0.5, 0.6) is 17.2 Å². The summed E-state index contributed by atoms with van der Waals surface area (Å²) >= 11 is 0. The van der Waals surface area contributed by atoms with Crippen molar-refractivity contribution in [1.29, 1.82) is 0 Å². The minimum atomic E-state index is -0.511. The summed E-state index contributed by atoms with van der Waals surface area (Å²) in [7, 11) is 4.83. The molecule has 3 aromatic rings. The minimum Gasteiger partial charge on any atom is -0.493 e. The monoisotopic (exact) mass is 498 g/mol. The van der Waals surface area contributed by atoms with E-state index in [0.717, 1.165) is 43.9 Å². The molecule has 9 nitrogen and oxygen atoms in total. The number of rotatable bonds is 9. The fourth-order valence-electron chi connectivity index (χ4n) is 4.23. The maximum atomic E-state index is 14.0. The molecule has 1 amide bonds. The Morgan fingerprint density at radius 3 is 2.36 bits per heavy atom. The van der Waals surface area contributed by atoms with Gasteiger partial charge in [0.05, 0.1) is 33.6 Å². The lowest BCUT2D eigenvalue weighted by molar-refractivity contribution is 0.102. The Bertz CT molecular complexity index is 1210. The lowest BCUT2D eigenvalue weighted by Crippen LogP contribution is -2.45. The van der Waals surface area contributed by atoms with E-state index >= 15 is 0 Å². The molecule has 1 aliphatic rings. The summed E-state index contributed by atoms with van der Waals surface area (Å²) in [6.07, 6.45) is 1.30. The average Bonchev–Trinajstić information content (AvgIpc) is 3.35. The van der Waals surface area contributed by atoms with Crippen LogP contribution in [0.1, 0.15) is 27.5 Å². The Labute approximate surface area is 209 Å². The predicted octanol–water partition coefficient (Wildman–Crippen LogP) is 3.72. The topological polar surface area (TPSA) is 89.3 Å². The molecule has 0 aliphatic carbocycles. The second-order valence-corrected chi connectivity index (χ2v) is 8.61. The van der Waals surface area contributed by atoms with Crippen molar-refractivity contribution in [1.82, 2.24) is 14.8 Å². The molecule has 1 fully saturated rings. The molecular weight excluding hydrogens is 467 g/mol. The summed E-state index contributed by atoms with van der Waals surface area (Å²) in [5, 5.41) is 2.55. The summed E-state index contributed by atoms with van der Waals surface area (Å²) in [5.74, 6) is 1.33. The summed E-state index contributed by atoms with van der Waals surface area (Å²) < 4.78 is 35.9. The fourth-order valence-corrected chi connectivity index (χ4v) is 4.23. The van der Waals surface area contributed by atoms with Gasteiger partial charge < -0.3 is 23.9 Å². The molecule has 1 aliphatic heterocycles.